The molecule has 0 spiro atoms. The first-order chi connectivity index (χ1) is 11.6. The van der Waals surface area contributed by atoms with Gasteiger partial charge in [0.05, 0.1) is 6.10 Å². The van der Waals surface area contributed by atoms with Crippen molar-refractivity contribution in [3.8, 4) is 0 Å². The van der Waals surface area contributed by atoms with Gasteiger partial charge in [0.15, 0.2) is 0 Å². The molecule has 24 heavy (non-hydrogen) atoms. The number of carbonyl (C=O) groups is 1. The Morgan fingerprint density at radius 1 is 0.917 bits per heavy atom. The third kappa shape index (κ3) is 26.0. The van der Waals surface area contributed by atoms with Crippen molar-refractivity contribution in [2.24, 2.45) is 0 Å². The lowest BCUT2D eigenvalue weighted by atomic mass is 10.1. The molecule has 0 aliphatic rings. The molecule has 1 atom stereocenters. The highest BCUT2D eigenvalue weighted by atomic mass is 16.4. The topological polar surface area (TPSA) is 77.8 Å². The van der Waals surface area contributed by atoms with E-state index >= 15 is 0 Å². The third-order valence-electron chi connectivity index (χ3n) is 3.73. The molecule has 3 N–H and O–H groups in total. The summed E-state index contributed by atoms with van der Waals surface area (Å²) >= 11 is 0. The van der Waals surface area contributed by atoms with Gasteiger partial charge in [-0.1, -0.05) is 64.0 Å². The second-order valence-electron chi connectivity index (χ2n) is 6.23. The number of aliphatic hydroxyl groups is 2. The van der Waals surface area contributed by atoms with Gasteiger partial charge in [-0.3, -0.25) is 4.79 Å². The van der Waals surface area contributed by atoms with Crippen LogP contribution in [-0.4, -0.2) is 34.0 Å². The van der Waals surface area contributed by atoms with Crippen molar-refractivity contribution < 1.29 is 20.1 Å². The van der Waals surface area contributed by atoms with Crippen LogP contribution in [0.5, 0.6) is 0 Å². The summed E-state index contributed by atoms with van der Waals surface area (Å²) in [6.07, 6.45) is 17.4. The predicted molar refractivity (Wildman–Crippen MR) is 101 cm³/mol. The molecule has 0 amide bonds. The average Bonchev–Trinajstić information content (AvgIpc) is 2.54. The van der Waals surface area contributed by atoms with Crippen LogP contribution in [-0.2, 0) is 4.79 Å². The predicted octanol–water partition coefficient (Wildman–Crippen LogP) is 5.08. The molecule has 144 valence electrons. The average molecular weight is 345 g/mol. The third-order valence-corrected chi connectivity index (χ3v) is 3.73. The van der Waals surface area contributed by atoms with Crippen LogP contribution in [0.15, 0.2) is 12.2 Å². The van der Waals surface area contributed by atoms with E-state index in [4.69, 9.17) is 10.2 Å². The molecule has 0 heterocycles. The summed E-state index contributed by atoms with van der Waals surface area (Å²) < 4.78 is 0. The zero-order chi connectivity index (χ0) is 18.5. The number of carboxylic acid groups (broad SMARTS) is 1. The number of carboxylic acids is 1. The summed E-state index contributed by atoms with van der Waals surface area (Å²) in [6, 6.07) is 0. The summed E-state index contributed by atoms with van der Waals surface area (Å²) in [5.41, 5.74) is 0. The fraction of sp³-hybridized carbons (Fsp3) is 0.850. The van der Waals surface area contributed by atoms with Crippen LogP contribution in [0.25, 0.3) is 0 Å². The Kier molecular flexibility index (Phi) is 23.4. The van der Waals surface area contributed by atoms with Crippen molar-refractivity contribution in [3.63, 3.8) is 0 Å². The van der Waals surface area contributed by atoms with E-state index < -0.39 is 5.97 Å². The van der Waals surface area contributed by atoms with Crippen molar-refractivity contribution in [2.75, 3.05) is 6.61 Å². The number of allylic oxidation sites excluding steroid dienone is 1. The van der Waals surface area contributed by atoms with Gasteiger partial charge in [-0.25, -0.2) is 0 Å². The van der Waals surface area contributed by atoms with Crippen LogP contribution in [0, 0.1) is 0 Å². The van der Waals surface area contributed by atoms with Gasteiger partial charge in [0.1, 0.15) is 0 Å². The summed E-state index contributed by atoms with van der Waals surface area (Å²) in [4.78, 5) is 10.3. The van der Waals surface area contributed by atoms with Crippen LogP contribution < -0.4 is 0 Å². The minimum Gasteiger partial charge on any atom is -0.481 e. The van der Waals surface area contributed by atoms with Gasteiger partial charge in [-0.15, -0.1) is 0 Å². The van der Waals surface area contributed by atoms with E-state index in [1.165, 1.54) is 25.7 Å². The van der Waals surface area contributed by atoms with Crippen molar-refractivity contribution >= 4 is 5.97 Å². The van der Waals surface area contributed by atoms with Gasteiger partial charge < -0.3 is 15.3 Å². The molecule has 0 aliphatic heterocycles. The number of hydrogen-bond acceptors (Lipinski definition) is 3. The zero-order valence-corrected chi connectivity index (χ0v) is 15.9. The molecule has 0 bridgehead atoms. The summed E-state index contributed by atoms with van der Waals surface area (Å²) in [5, 5.41) is 25.9. The van der Waals surface area contributed by atoms with E-state index in [1.54, 1.807) is 6.92 Å². The van der Waals surface area contributed by atoms with Gasteiger partial charge >= 0.3 is 5.97 Å². The van der Waals surface area contributed by atoms with Crippen LogP contribution in [0.4, 0.5) is 0 Å². The normalized spacial score (nSPS) is 12.0. The Morgan fingerprint density at radius 3 is 2.12 bits per heavy atom. The second kappa shape index (κ2) is 22.1. The monoisotopic (exact) mass is 344 g/mol. The maximum absolute atomic E-state index is 10.3. The summed E-state index contributed by atoms with van der Waals surface area (Å²) in [7, 11) is 0. The van der Waals surface area contributed by atoms with Crippen molar-refractivity contribution in [2.45, 2.75) is 103 Å². The summed E-state index contributed by atoms with van der Waals surface area (Å²) in [5.74, 6) is -0.689. The van der Waals surface area contributed by atoms with E-state index in [0.717, 1.165) is 51.4 Å². The van der Waals surface area contributed by atoms with Crippen LogP contribution in [0.2, 0.25) is 0 Å². The lowest BCUT2D eigenvalue weighted by Crippen LogP contribution is -2.04. The molecular formula is C20H40O4. The molecule has 0 rings (SSSR count). The quantitative estimate of drug-likeness (QED) is 0.286. The van der Waals surface area contributed by atoms with E-state index in [2.05, 4.69) is 19.1 Å². The lowest BCUT2D eigenvalue weighted by molar-refractivity contribution is -0.137. The Bertz CT molecular complexity index is 277. The number of hydrogen-bond donors (Lipinski definition) is 3. The fourth-order valence-electron chi connectivity index (χ4n) is 2.36. The molecule has 4 heteroatoms. The van der Waals surface area contributed by atoms with E-state index in [0.29, 0.717) is 6.42 Å². The SMILES string of the molecule is CCCCCCC(O)C/C=C\CCCCCCCC(=O)O.CCO. The molecule has 4 nitrogen and oxygen atoms in total. The lowest BCUT2D eigenvalue weighted by Gasteiger charge is -2.07. The van der Waals surface area contributed by atoms with Crippen LogP contribution in [0.3, 0.4) is 0 Å². The van der Waals surface area contributed by atoms with Gasteiger partial charge in [0, 0.05) is 13.0 Å². The van der Waals surface area contributed by atoms with E-state index in [-0.39, 0.29) is 12.7 Å². The molecule has 0 aromatic heterocycles. The van der Waals surface area contributed by atoms with Crippen LogP contribution >= 0.6 is 0 Å². The Hall–Kier alpha value is -0.870. The van der Waals surface area contributed by atoms with E-state index in [1.807, 2.05) is 0 Å². The Balaban J connectivity index is 0. The molecule has 0 radical (unpaired) electrons. The first-order valence-corrected chi connectivity index (χ1v) is 9.74. The molecule has 1 unspecified atom stereocenters. The highest BCUT2D eigenvalue weighted by Crippen LogP contribution is 2.10. The molecule has 0 aromatic carbocycles. The van der Waals surface area contributed by atoms with Gasteiger partial charge in [-0.2, -0.15) is 0 Å². The highest BCUT2D eigenvalue weighted by molar-refractivity contribution is 5.66. The second-order valence-corrected chi connectivity index (χ2v) is 6.23. The molecule has 0 aromatic rings. The largest absolute Gasteiger partial charge is 0.481 e. The first kappa shape index (κ1) is 25.4. The molecule has 0 aliphatic carbocycles. The highest BCUT2D eigenvalue weighted by Gasteiger charge is 2.00. The Morgan fingerprint density at radius 2 is 1.50 bits per heavy atom. The van der Waals surface area contributed by atoms with Gasteiger partial charge in [-0.05, 0) is 39.0 Å². The number of aliphatic hydroxyl groups excluding tert-OH is 2. The number of unbranched alkanes of at least 4 members (excludes halogenated alkanes) is 8. The minimum absolute atomic E-state index is 0.172. The Labute approximate surface area is 149 Å². The summed E-state index contributed by atoms with van der Waals surface area (Å²) in [6.45, 7) is 4.13. The molecular weight excluding hydrogens is 304 g/mol. The maximum atomic E-state index is 10.3. The van der Waals surface area contributed by atoms with Crippen molar-refractivity contribution in [3.05, 3.63) is 12.2 Å². The van der Waals surface area contributed by atoms with E-state index in [9.17, 15) is 9.90 Å². The van der Waals surface area contributed by atoms with Gasteiger partial charge in [0.2, 0.25) is 0 Å². The van der Waals surface area contributed by atoms with Crippen LogP contribution in [0.1, 0.15) is 97.3 Å². The number of rotatable bonds is 15. The molecule has 0 fully saturated rings. The zero-order valence-electron chi connectivity index (χ0n) is 15.9. The fourth-order valence-corrected chi connectivity index (χ4v) is 2.36. The standard InChI is InChI=1S/C18H34O3.C2H6O/c1-2-3-4-11-14-17(19)15-12-9-7-5-6-8-10-13-16-18(20)21;1-2-3/h9,12,17,19H,2-8,10-11,13-16H2,1H3,(H,20,21);3H,2H2,1H3/b12-9-;. The minimum atomic E-state index is -0.689. The smallest absolute Gasteiger partial charge is 0.303 e. The molecule has 0 saturated carbocycles. The van der Waals surface area contributed by atoms with Gasteiger partial charge in [0.25, 0.3) is 0 Å². The number of aliphatic carboxylic acids is 1. The van der Waals surface area contributed by atoms with Crippen molar-refractivity contribution in [1.29, 1.82) is 0 Å². The van der Waals surface area contributed by atoms with Crippen molar-refractivity contribution in [1.82, 2.24) is 0 Å². The first-order valence-electron chi connectivity index (χ1n) is 9.74. The maximum Gasteiger partial charge on any atom is 0.303 e. The molecule has 0 saturated heterocycles.